The maximum Gasteiger partial charge on any atom is 0.261 e. The van der Waals surface area contributed by atoms with Crippen LogP contribution >= 0.6 is 0 Å². The van der Waals surface area contributed by atoms with Gasteiger partial charge < -0.3 is 19.7 Å². The highest BCUT2D eigenvalue weighted by atomic mass is 16.5. The summed E-state index contributed by atoms with van der Waals surface area (Å²) in [6.07, 6.45) is 0. The molecule has 1 N–H and O–H groups in total. The summed E-state index contributed by atoms with van der Waals surface area (Å²) in [5.41, 5.74) is 1.52. The second-order valence-electron chi connectivity index (χ2n) is 8.39. The summed E-state index contributed by atoms with van der Waals surface area (Å²) >= 11 is 0. The number of rotatable bonds is 8. The van der Waals surface area contributed by atoms with E-state index in [2.05, 4.69) is 5.32 Å². The lowest BCUT2D eigenvalue weighted by Crippen LogP contribution is -2.53. The first-order valence-corrected chi connectivity index (χ1v) is 10.0. The summed E-state index contributed by atoms with van der Waals surface area (Å²) in [6, 6.07) is 14.3. The standard InChI is InChI=1S/C24H32N2O4/c1-17-9-7-12-21(13-17)30-16-22(27)26(18(2)23(28)25-24(3,4)5)15-19-10-8-11-20(14-19)29-6/h7-14,18H,15-16H2,1-6H3,(H,25,28)/t18-/m0/s1. The van der Waals surface area contributed by atoms with Crippen molar-refractivity contribution in [2.75, 3.05) is 13.7 Å². The number of ether oxygens (including phenoxy) is 2. The van der Waals surface area contributed by atoms with Crippen LogP contribution in [0.2, 0.25) is 0 Å². The minimum Gasteiger partial charge on any atom is -0.497 e. The van der Waals surface area contributed by atoms with Gasteiger partial charge in [-0.25, -0.2) is 0 Å². The van der Waals surface area contributed by atoms with E-state index in [1.54, 1.807) is 14.0 Å². The van der Waals surface area contributed by atoms with Gasteiger partial charge >= 0.3 is 0 Å². The largest absolute Gasteiger partial charge is 0.497 e. The lowest BCUT2D eigenvalue weighted by atomic mass is 10.1. The maximum atomic E-state index is 13.1. The zero-order chi connectivity index (χ0) is 22.3. The third kappa shape index (κ3) is 7.10. The molecule has 0 heterocycles. The minimum atomic E-state index is -0.663. The Bertz CT molecular complexity index is 874. The summed E-state index contributed by atoms with van der Waals surface area (Å²) in [7, 11) is 1.59. The Morgan fingerprint density at radius 1 is 1.07 bits per heavy atom. The van der Waals surface area contributed by atoms with Crippen molar-refractivity contribution < 1.29 is 19.1 Å². The quantitative estimate of drug-likeness (QED) is 0.718. The Kier molecular flexibility index (Phi) is 7.86. The Balaban J connectivity index is 2.19. The van der Waals surface area contributed by atoms with E-state index in [1.807, 2.05) is 76.2 Å². The summed E-state index contributed by atoms with van der Waals surface area (Å²) in [5.74, 6) is 0.837. The van der Waals surface area contributed by atoms with Gasteiger partial charge in [-0.2, -0.15) is 0 Å². The molecule has 30 heavy (non-hydrogen) atoms. The molecule has 0 aromatic heterocycles. The van der Waals surface area contributed by atoms with Gasteiger partial charge in [0.2, 0.25) is 5.91 Å². The van der Waals surface area contributed by atoms with Crippen LogP contribution in [0.1, 0.15) is 38.8 Å². The van der Waals surface area contributed by atoms with Gasteiger partial charge in [-0.1, -0.05) is 24.3 Å². The average molecular weight is 413 g/mol. The van der Waals surface area contributed by atoms with E-state index in [-0.39, 0.29) is 25.0 Å². The molecule has 1 atom stereocenters. The number of nitrogens with one attached hydrogen (secondary N) is 1. The highest BCUT2D eigenvalue weighted by Crippen LogP contribution is 2.18. The molecule has 0 bridgehead atoms. The van der Waals surface area contributed by atoms with Crippen LogP contribution in [0.4, 0.5) is 0 Å². The molecule has 2 aromatic carbocycles. The third-order valence-corrected chi connectivity index (χ3v) is 4.50. The highest BCUT2D eigenvalue weighted by molar-refractivity contribution is 5.88. The number of amides is 2. The van der Waals surface area contributed by atoms with Crippen molar-refractivity contribution in [3.63, 3.8) is 0 Å². The second-order valence-corrected chi connectivity index (χ2v) is 8.39. The van der Waals surface area contributed by atoms with E-state index in [1.165, 1.54) is 4.90 Å². The van der Waals surface area contributed by atoms with E-state index in [0.29, 0.717) is 11.5 Å². The first-order chi connectivity index (χ1) is 14.1. The topological polar surface area (TPSA) is 67.9 Å². The van der Waals surface area contributed by atoms with Crippen LogP contribution in [0.3, 0.4) is 0 Å². The molecule has 0 unspecified atom stereocenters. The van der Waals surface area contributed by atoms with E-state index in [9.17, 15) is 9.59 Å². The number of carbonyl (C=O) groups is 2. The normalized spacial score (nSPS) is 12.1. The van der Waals surface area contributed by atoms with Gasteiger partial charge in [0.05, 0.1) is 7.11 Å². The molecular formula is C24H32N2O4. The van der Waals surface area contributed by atoms with Crippen molar-refractivity contribution in [2.24, 2.45) is 0 Å². The highest BCUT2D eigenvalue weighted by Gasteiger charge is 2.28. The van der Waals surface area contributed by atoms with Crippen LogP contribution in [-0.4, -0.2) is 42.0 Å². The Labute approximate surface area is 179 Å². The molecule has 162 valence electrons. The summed E-state index contributed by atoms with van der Waals surface area (Å²) < 4.78 is 11.0. The smallest absolute Gasteiger partial charge is 0.261 e. The lowest BCUT2D eigenvalue weighted by Gasteiger charge is -2.31. The average Bonchev–Trinajstić information content (AvgIpc) is 2.68. The summed E-state index contributed by atoms with van der Waals surface area (Å²) in [5, 5.41) is 2.95. The van der Waals surface area contributed by atoms with Crippen molar-refractivity contribution in [1.29, 1.82) is 0 Å². The number of hydrogen-bond acceptors (Lipinski definition) is 4. The third-order valence-electron chi connectivity index (χ3n) is 4.50. The van der Waals surface area contributed by atoms with Gasteiger partial charge in [0.1, 0.15) is 17.5 Å². The molecular weight excluding hydrogens is 380 g/mol. The van der Waals surface area contributed by atoms with Gasteiger partial charge in [-0.3, -0.25) is 9.59 Å². The number of benzene rings is 2. The van der Waals surface area contributed by atoms with Crippen molar-refractivity contribution in [1.82, 2.24) is 10.2 Å². The molecule has 0 spiro atoms. The van der Waals surface area contributed by atoms with Crippen molar-refractivity contribution in [3.05, 3.63) is 59.7 Å². The van der Waals surface area contributed by atoms with E-state index in [4.69, 9.17) is 9.47 Å². The fourth-order valence-electron chi connectivity index (χ4n) is 2.96. The zero-order valence-corrected chi connectivity index (χ0v) is 18.7. The molecule has 0 saturated carbocycles. The number of hydrogen-bond donors (Lipinski definition) is 1. The second kappa shape index (κ2) is 10.1. The molecule has 0 saturated heterocycles. The first-order valence-electron chi connectivity index (χ1n) is 10.0. The zero-order valence-electron chi connectivity index (χ0n) is 18.7. The van der Waals surface area contributed by atoms with Crippen LogP contribution in [0.15, 0.2) is 48.5 Å². The molecule has 0 radical (unpaired) electrons. The van der Waals surface area contributed by atoms with Gasteiger partial charge in [0.25, 0.3) is 5.91 Å². The van der Waals surface area contributed by atoms with E-state index < -0.39 is 11.6 Å². The number of nitrogens with zero attached hydrogens (tertiary/aromatic N) is 1. The van der Waals surface area contributed by atoms with Crippen LogP contribution in [0, 0.1) is 6.92 Å². The molecule has 0 aliphatic heterocycles. The van der Waals surface area contributed by atoms with Gasteiger partial charge in [-0.15, -0.1) is 0 Å². The van der Waals surface area contributed by atoms with Gasteiger partial charge in [-0.05, 0) is 70.0 Å². The molecule has 0 fully saturated rings. The first kappa shape index (κ1) is 23.3. The molecule has 0 aliphatic rings. The Morgan fingerprint density at radius 3 is 2.37 bits per heavy atom. The van der Waals surface area contributed by atoms with Crippen LogP contribution in [0.5, 0.6) is 11.5 Å². The fourth-order valence-corrected chi connectivity index (χ4v) is 2.96. The number of aryl methyl sites for hydroxylation is 1. The SMILES string of the molecule is COc1cccc(CN(C(=O)COc2cccc(C)c2)[C@@H](C)C(=O)NC(C)(C)C)c1. The summed E-state index contributed by atoms with van der Waals surface area (Å²) in [6.45, 7) is 9.53. The minimum absolute atomic E-state index is 0.152. The predicted molar refractivity (Wildman–Crippen MR) is 118 cm³/mol. The number of carbonyl (C=O) groups excluding carboxylic acids is 2. The van der Waals surface area contributed by atoms with Crippen molar-refractivity contribution >= 4 is 11.8 Å². The van der Waals surface area contributed by atoms with Crippen LogP contribution in [0.25, 0.3) is 0 Å². The molecule has 2 rings (SSSR count). The van der Waals surface area contributed by atoms with Gasteiger partial charge in [0, 0.05) is 12.1 Å². The van der Waals surface area contributed by atoms with Crippen molar-refractivity contribution in [3.8, 4) is 11.5 Å². The molecule has 6 heteroatoms. The maximum absolute atomic E-state index is 13.1. The molecule has 6 nitrogen and oxygen atoms in total. The number of methoxy groups -OCH3 is 1. The fraction of sp³-hybridized carbons (Fsp3) is 0.417. The van der Waals surface area contributed by atoms with E-state index >= 15 is 0 Å². The molecule has 2 aromatic rings. The Hall–Kier alpha value is -3.02. The summed E-state index contributed by atoms with van der Waals surface area (Å²) in [4.78, 5) is 27.4. The molecule has 2 amide bonds. The predicted octanol–water partition coefficient (Wildman–Crippen LogP) is 3.71. The van der Waals surface area contributed by atoms with Crippen LogP contribution < -0.4 is 14.8 Å². The Morgan fingerprint density at radius 2 is 1.73 bits per heavy atom. The van der Waals surface area contributed by atoms with Crippen molar-refractivity contribution in [2.45, 2.75) is 52.7 Å². The van der Waals surface area contributed by atoms with Crippen LogP contribution in [-0.2, 0) is 16.1 Å². The lowest BCUT2D eigenvalue weighted by molar-refractivity contribution is -0.142. The monoisotopic (exact) mass is 412 g/mol. The van der Waals surface area contributed by atoms with Gasteiger partial charge in [0.15, 0.2) is 6.61 Å². The van der Waals surface area contributed by atoms with E-state index in [0.717, 1.165) is 11.1 Å². The molecule has 0 aliphatic carbocycles.